The molecular weight excluding hydrogens is 334 g/mol. The van der Waals surface area contributed by atoms with Gasteiger partial charge in [0.15, 0.2) is 0 Å². The summed E-state index contributed by atoms with van der Waals surface area (Å²) in [5.74, 6) is -0.156. The van der Waals surface area contributed by atoms with Gasteiger partial charge in [-0.1, -0.05) is 35.9 Å². The largest absolute Gasteiger partial charge is 0.354 e. The fourth-order valence-corrected chi connectivity index (χ4v) is 2.55. The number of para-hydroxylation sites is 1. The van der Waals surface area contributed by atoms with E-state index in [1.807, 2.05) is 61.5 Å². The Hall–Kier alpha value is -2.85. The molecule has 1 heterocycles. The zero-order valence-corrected chi connectivity index (χ0v) is 14.8. The molecule has 0 saturated carbocycles. The summed E-state index contributed by atoms with van der Waals surface area (Å²) in [6.07, 6.45) is 1.64. The number of halogens is 1. The van der Waals surface area contributed by atoms with Gasteiger partial charge in [0.1, 0.15) is 5.69 Å². The summed E-state index contributed by atoms with van der Waals surface area (Å²) >= 11 is 6.13. The second kappa shape index (κ2) is 7.36. The van der Waals surface area contributed by atoms with Crippen LogP contribution in [0.4, 0.5) is 17.1 Å². The lowest BCUT2D eigenvalue weighted by molar-refractivity contribution is 0.0988. The topological polar surface area (TPSA) is 45.2 Å². The van der Waals surface area contributed by atoms with Gasteiger partial charge < -0.3 is 10.2 Å². The van der Waals surface area contributed by atoms with Gasteiger partial charge in [0.05, 0.1) is 11.9 Å². The molecule has 126 valence electrons. The van der Waals surface area contributed by atoms with E-state index in [2.05, 4.69) is 10.3 Å². The molecule has 3 rings (SSSR count). The summed E-state index contributed by atoms with van der Waals surface area (Å²) in [6.45, 7) is 1.96. The van der Waals surface area contributed by atoms with Crippen LogP contribution in [0.25, 0.3) is 0 Å². The van der Waals surface area contributed by atoms with E-state index < -0.39 is 0 Å². The van der Waals surface area contributed by atoms with E-state index in [1.165, 1.54) is 0 Å². The first kappa shape index (κ1) is 17.0. The van der Waals surface area contributed by atoms with E-state index in [4.69, 9.17) is 11.6 Å². The fraction of sp³-hybridized carbons (Fsp3) is 0.100. The van der Waals surface area contributed by atoms with Gasteiger partial charge in [0.25, 0.3) is 5.91 Å². The van der Waals surface area contributed by atoms with Crippen LogP contribution in [0.3, 0.4) is 0 Å². The van der Waals surface area contributed by atoms with E-state index in [9.17, 15) is 4.79 Å². The number of hydrogen-bond acceptors (Lipinski definition) is 3. The third kappa shape index (κ3) is 3.98. The quantitative estimate of drug-likeness (QED) is 0.714. The molecule has 25 heavy (non-hydrogen) atoms. The van der Waals surface area contributed by atoms with Gasteiger partial charge in [-0.2, -0.15) is 0 Å². The van der Waals surface area contributed by atoms with Crippen LogP contribution >= 0.6 is 11.6 Å². The lowest BCUT2D eigenvalue weighted by Crippen LogP contribution is -2.26. The van der Waals surface area contributed by atoms with Crippen LogP contribution in [0.1, 0.15) is 16.1 Å². The fourth-order valence-electron chi connectivity index (χ4n) is 2.37. The minimum absolute atomic E-state index is 0.156. The van der Waals surface area contributed by atoms with Crippen LogP contribution in [0.2, 0.25) is 5.02 Å². The van der Waals surface area contributed by atoms with Crippen LogP contribution in [0.5, 0.6) is 0 Å². The second-order valence-corrected chi connectivity index (χ2v) is 6.13. The standard InChI is InChI=1S/C20H18ClN3O/c1-14-8-9-15(12-18(14)21)23-16-10-11-19(22-13-16)20(25)24(2)17-6-4-3-5-7-17/h3-13,23H,1-2H3. The summed E-state index contributed by atoms with van der Waals surface area (Å²) in [7, 11) is 1.74. The Kier molecular flexibility index (Phi) is 5.00. The highest BCUT2D eigenvalue weighted by atomic mass is 35.5. The molecule has 1 aromatic heterocycles. The Morgan fingerprint density at radius 3 is 2.40 bits per heavy atom. The lowest BCUT2D eigenvalue weighted by Gasteiger charge is -2.17. The molecule has 2 aromatic carbocycles. The molecule has 1 N–H and O–H groups in total. The number of nitrogens with zero attached hydrogens (tertiary/aromatic N) is 2. The molecule has 0 atom stereocenters. The van der Waals surface area contributed by atoms with Crippen LogP contribution in [0.15, 0.2) is 66.9 Å². The number of carbonyl (C=O) groups is 1. The molecule has 0 aliphatic carbocycles. The van der Waals surface area contributed by atoms with Crippen molar-refractivity contribution in [3.8, 4) is 0 Å². The van der Waals surface area contributed by atoms with E-state index in [0.717, 1.165) is 22.6 Å². The average Bonchev–Trinajstić information content (AvgIpc) is 2.65. The predicted octanol–water partition coefficient (Wildman–Crippen LogP) is 5.06. The summed E-state index contributed by atoms with van der Waals surface area (Å²) in [4.78, 5) is 18.4. The maximum Gasteiger partial charge on any atom is 0.276 e. The molecule has 0 aliphatic rings. The third-order valence-electron chi connectivity index (χ3n) is 3.89. The number of aryl methyl sites for hydroxylation is 1. The average molecular weight is 352 g/mol. The van der Waals surface area contributed by atoms with Crippen molar-refractivity contribution < 1.29 is 4.79 Å². The molecule has 0 unspecified atom stereocenters. The predicted molar refractivity (Wildman–Crippen MR) is 103 cm³/mol. The second-order valence-electron chi connectivity index (χ2n) is 5.72. The summed E-state index contributed by atoms with van der Waals surface area (Å²) in [6, 6.07) is 18.8. The Labute approximate surface area is 152 Å². The maximum atomic E-state index is 12.5. The van der Waals surface area contributed by atoms with Gasteiger partial charge in [0.2, 0.25) is 0 Å². The van der Waals surface area contributed by atoms with E-state index in [1.54, 1.807) is 24.2 Å². The van der Waals surface area contributed by atoms with Gasteiger partial charge in [-0.15, -0.1) is 0 Å². The summed E-state index contributed by atoms with van der Waals surface area (Å²) in [5.41, 5.74) is 3.90. The van der Waals surface area contributed by atoms with Crippen molar-refractivity contribution >= 4 is 34.6 Å². The molecule has 0 aliphatic heterocycles. The number of amides is 1. The van der Waals surface area contributed by atoms with Gasteiger partial charge in [-0.25, -0.2) is 4.98 Å². The number of pyridine rings is 1. The van der Waals surface area contributed by atoms with E-state index in [0.29, 0.717) is 10.7 Å². The molecule has 0 spiro atoms. The molecular formula is C20H18ClN3O. The molecule has 0 saturated heterocycles. The van der Waals surface area contributed by atoms with Crippen molar-refractivity contribution in [1.29, 1.82) is 0 Å². The highest BCUT2D eigenvalue weighted by Crippen LogP contribution is 2.23. The van der Waals surface area contributed by atoms with Crippen LogP contribution < -0.4 is 10.2 Å². The molecule has 5 heteroatoms. The molecule has 4 nitrogen and oxygen atoms in total. The first-order chi connectivity index (χ1) is 12.0. The first-order valence-electron chi connectivity index (χ1n) is 7.87. The van der Waals surface area contributed by atoms with Gasteiger partial charge >= 0.3 is 0 Å². The minimum atomic E-state index is -0.156. The lowest BCUT2D eigenvalue weighted by atomic mass is 10.2. The minimum Gasteiger partial charge on any atom is -0.354 e. The van der Waals surface area contributed by atoms with Crippen molar-refractivity contribution in [3.63, 3.8) is 0 Å². The third-order valence-corrected chi connectivity index (χ3v) is 4.30. The number of nitrogens with one attached hydrogen (secondary N) is 1. The first-order valence-corrected chi connectivity index (χ1v) is 8.25. The summed E-state index contributed by atoms with van der Waals surface area (Å²) in [5, 5.41) is 3.93. The monoisotopic (exact) mass is 351 g/mol. The van der Waals surface area contributed by atoms with Crippen molar-refractivity contribution in [1.82, 2.24) is 4.98 Å². The van der Waals surface area contributed by atoms with Gasteiger partial charge in [-0.3, -0.25) is 4.79 Å². The maximum absolute atomic E-state index is 12.5. The number of carbonyl (C=O) groups excluding carboxylic acids is 1. The molecule has 0 bridgehead atoms. The van der Waals surface area contributed by atoms with Crippen molar-refractivity contribution in [2.75, 3.05) is 17.3 Å². The van der Waals surface area contributed by atoms with Crippen molar-refractivity contribution in [2.45, 2.75) is 6.92 Å². The molecule has 0 fully saturated rings. The highest BCUT2D eigenvalue weighted by molar-refractivity contribution is 6.31. The normalized spacial score (nSPS) is 10.4. The number of anilines is 3. The van der Waals surface area contributed by atoms with Crippen LogP contribution in [-0.4, -0.2) is 17.9 Å². The number of aromatic nitrogens is 1. The van der Waals surface area contributed by atoms with Gasteiger partial charge in [-0.05, 0) is 48.9 Å². The molecule has 1 amide bonds. The van der Waals surface area contributed by atoms with Crippen molar-refractivity contribution in [3.05, 3.63) is 83.1 Å². The van der Waals surface area contributed by atoms with Gasteiger partial charge in [0, 0.05) is 23.4 Å². The Balaban J connectivity index is 1.73. The smallest absolute Gasteiger partial charge is 0.276 e. The highest BCUT2D eigenvalue weighted by Gasteiger charge is 2.14. The zero-order valence-electron chi connectivity index (χ0n) is 14.0. The number of benzene rings is 2. The van der Waals surface area contributed by atoms with E-state index >= 15 is 0 Å². The molecule has 3 aromatic rings. The Morgan fingerprint density at radius 1 is 1.04 bits per heavy atom. The number of hydrogen-bond donors (Lipinski definition) is 1. The molecule has 0 radical (unpaired) electrons. The van der Waals surface area contributed by atoms with Crippen molar-refractivity contribution in [2.24, 2.45) is 0 Å². The zero-order chi connectivity index (χ0) is 17.8. The van der Waals surface area contributed by atoms with Crippen LogP contribution in [0, 0.1) is 6.92 Å². The number of rotatable bonds is 4. The van der Waals surface area contributed by atoms with Crippen LogP contribution in [-0.2, 0) is 0 Å². The summed E-state index contributed by atoms with van der Waals surface area (Å²) < 4.78 is 0. The Morgan fingerprint density at radius 2 is 1.76 bits per heavy atom. The SMILES string of the molecule is Cc1ccc(Nc2ccc(C(=O)N(C)c3ccccc3)nc2)cc1Cl. The Bertz CT molecular complexity index is 879. The van der Waals surface area contributed by atoms with E-state index in [-0.39, 0.29) is 5.91 Å².